The molecule has 0 aliphatic heterocycles. The topological polar surface area (TPSA) is 89.4 Å². The molecule has 0 radical (unpaired) electrons. The van der Waals surface area contributed by atoms with Crippen molar-refractivity contribution in [2.45, 2.75) is 0 Å². The van der Waals surface area contributed by atoms with Crippen molar-refractivity contribution in [3.05, 3.63) is 77.2 Å². The van der Waals surface area contributed by atoms with Crippen LogP contribution in [0.5, 0.6) is 11.6 Å². The predicted octanol–water partition coefficient (Wildman–Crippen LogP) is 3.22. The van der Waals surface area contributed by atoms with Gasteiger partial charge in [-0.1, -0.05) is 0 Å². The standard InChI is InChI=1S/C17H11ClFN5O2/c18-17-21-10-14(19)16(23-17)26-13-5-3-11(4-6-13)8-22-24-15(25)12-2-1-7-20-9-12/h1-10H,(H,24,25)/b22-8+. The summed E-state index contributed by atoms with van der Waals surface area (Å²) in [5.74, 6) is -1.01. The van der Waals surface area contributed by atoms with Crippen LogP contribution in [0.3, 0.4) is 0 Å². The van der Waals surface area contributed by atoms with Gasteiger partial charge in [0.2, 0.25) is 11.1 Å². The lowest BCUT2D eigenvalue weighted by Crippen LogP contribution is -2.17. The van der Waals surface area contributed by atoms with Crippen molar-refractivity contribution in [1.29, 1.82) is 0 Å². The molecule has 0 saturated carbocycles. The highest BCUT2D eigenvalue weighted by Crippen LogP contribution is 2.22. The highest BCUT2D eigenvalue weighted by Gasteiger charge is 2.08. The predicted molar refractivity (Wildman–Crippen MR) is 92.8 cm³/mol. The van der Waals surface area contributed by atoms with E-state index in [1.807, 2.05) is 0 Å². The van der Waals surface area contributed by atoms with Gasteiger partial charge in [-0.2, -0.15) is 14.5 Å². The molecule has 3 aromatic rings. The maximum absolute atomic E-state index is 13.5. The highest BCUT2D eigenvalue weighted by atomic mass is 35.5. The molecule has 130 valence electrons. The number of aromatic nitrogens is 3. The molecule has 1 N–H and O–H groups in total. The van der Waals surface area contributed by atoms with Gasteiger partial charge >= 0.3 is 0 Å². The quantitative estimate of drug-likeness (QED) is 0.422. The second-order valence-electron chi connectivity index (χ2n) is 4.90. The molecule has 3 rings (SSSR count). The Hall–Kier alpha value is -3.39. The van der Waals surface area contributed by atoms with Crippen molar-refractivity contribution >= 4 is 23.7 Å². The highest BCUT2D eigenvalue weighted by molar-refractivity contribution is 6.28. The Morgan fingerprint density at radius 3 is 2.77 bits per heavy atom. The van der Waals surface area contributed by atoms with Crippen molar-refractivity contribution in [2.75, 3.05) is 0 Å². The maximum Gasteiger partial charge on any atom is 0.272 e. The summed E-state index contributed by atoms with van der Waals surface area (Å²) in [4.78, 5) is 22.8. The molecule has 0 aliphatic carbocycles. The van der Waals surface area contributed by atoms with E-state index in [0.717, 1.165) is 6.20 Å². The zero-order chi connectivity index (χ0) is 18.4. The lowest BCUT2D eigenvalue weighted by molar-refractivity contribution is 0.0955. The number of rotatable bonds is 5. The first-order valence-corrected chi connectivity index (χ1v) is 7.69. The van der Waals surface area contributed by atoms with E-state index >= 15 is 0 Å². The van der Waals surface area contributed by atoms with E-state index in [4.69, 9.17) is 16.3 Å². The Balaban J connectivity index is 1.61. The minimum absolute atomic E-state index is 0.116. The number of carbonyl (C=O) groups excluding carboxylic acids is 1. The number of hydrazone groups is 1. The molecule has 0 spiro atoms. The minimum atomic E-state index is -0.724. The summed E-state index contributed by atoms with van der Waals surface area (Å²) in [5.41, 5.74) is 3.49. The number of pyridine rings is 1. The van der Waals surface area contributed by atoms with Gasteiger partial charge in [0.05, 0.1) is 18.0 Å². The number of amides is 1. The SMILES string of the molecule is O=C(N/N=C/c1ccc(Oc2nc(Cl)ncc2F)cc1)c1cccnc1. The van der Waals surface area contributed by atoms with Crippen LogP contribution < -0.4 is 10.2 Å². The Labute approximate surface area is 152 Å². The number of nitrogens with one attached hydrogen (secondary N) is 1. The zero-order valence-corrected chi connectivity index (χ0v) is 13.9. The summed E-state index contributed by atoms with van der Waals surface area (Å²) < 4.78 is 18.9. The van der Waals surface area contributed by atoms with Gasteiger partial charge in [-0.05, 0) is 53.6 Å². The van der Waals surface area contributed by atoms with Crippen LogP contribution >= 0.6 is 11.6 Å². The van der Waals surface area contributed by atoms with Gasteiger partial charge < -0.3 is 4.74 Å². The molecule has 7 nitrogen and oxygen atoms in total. The fourth-order valence-electron chi connectivity index (χ4n) is 1.86. The van der Waals surface area contributed by atoms with Crippen LogP contribution in [-0.2, 0) is 0 Å². The van der Waals surface area contributed by atoms with Crippen molar-refractivity contribution < 1.29 is 13.9 Å². The van der Waals surface area contributed by atoms with Gasteiger partial charge in [-0.3, -0.25) is 9.78 Å². The van der Waals surface area contributed by atoms with Crippen molar-refractivity contribution in [3.63, 3.8) is 0 Å². The van der Waals surface area contributed by atoms with E-state index < -0.39 is 5.82 Å². The number of nitrogens with zero attached hydrogens (tertiary/aromatic N) is 4. The molecule has 0 bridgehead atoms. The average Bonchev–Trinajstić information content (AvgIpc) is 2.67. The molecular weight excluding hydrogens is 361 g/mol. The summed E-state index contributed by atoms with van der Waals surface area (Å²) in [5, 5.41) is 3.75. The summed E-state index contributed by atoms with van der Waals surface area (Å²) in [6.45, 7) is 0. The molecule has 1 aromatic carbocycles. The van der Waals surface area contributed by atoms with E-state index in [1.165, 1.54) is 12.4 Å². The summed E-state index contributed by atoms with van der Waals surface area (Å²) in [7, 11) is 0. The smallest absolute Gasteiger partial charge is 0.272 e. The molecule has 26 heavy (non-hydrogen) atoms. The number of halogens is 2. The Bertz CT molecular complexity index is 936. The Morgan fingerprint density at radius 1 is 1.23 bits per heavy atom. The third-order valence-corrected chi connectivity index (χ3v) is 3.26. The Morgan fingerprint density at radius 2 is 2.04 bits per heavy atom. The number of hydrogen-bond donors (Lipinski definition) is 1. The van der Waals surface area contributed by atoms with Gasteiger partial charge in [-0.25, -0.2) is 10.4 Å². The first kappa shape index (κ1) is 17.4. The molecule has 9 heteroatoms. The molecule has 0 fully saturated rings. The van der Waals surface area contributed by atoms with Gasteiger partial charge in [0.15, 0.2) is 0 Å². The summed E-state index contributed by atoms with van der Waals surface area (Å²) in [6, 6.07) is 9.83. The number of benzene rings is 1. The van der Waals surface area contributed by atoms with Crippen molar-refractivity contribution in [1.82, 2.24) is 20.4 Å². The average molecular weight is 372 g/mol. The largest absolute Gasteiger partial charge is 0.436 e. The van der Waals surface area contributed by atoms with Crippen molar-refractivity contribution in [2.24, 2.45) is 5.10 Å². The van der Waals surface area contributed by atoms with Gasteiger partial charge in [-0.15, -0.1) is 0 Å². The molecule has 0 unspecified atom stereocenters. The first-order valence-electron chi connectivity index (χ1n) is 7.31. The van der Waals surface area contributed by atoms with E-state index in [-0.39, 0.29) is 17.1 Å². The van der Waals surface area contributed by atoms with Crippen LogP contribution in [0.4, 0.5) is 4.39 Å². The lowest BCUT2D eigenvalue weighted by Gasteiger charge is -2.05. The second kappa shape index (κ2) is 8.13. The molecule has 0 aliphatic rings. The number of carbonyl (C=O) groups is 1. The first-order chi connectivity index (χ1) is 12.6. The minimum Gasteiger partial charge on any atom is -0.436 e. The molecule has 2 aromatic heterocycles. The summed E-state index contributed by atoms with van der Waals surface area (Å²) >= 11 is 5.61. The van der Waals surface area contributed by atoms with Crippen LogP contribution in [0.15, 0.2) is 60.1 Å². The van der Waals surface area contributed by atoms with E-state index in [1.54, 1.807) is 42.6 Å². The van der Waals surface area contributed by atoms with E-state index in [2.05, 4.69) is 25.5 Å². The third kappa shape index (κ3) is 4.58. The molecule has 2 heterocycles. The van der Waals surface area contributed by atoms with Gasteiger partial charge in [0.25, 0.3) is 11.8 Å². The number of hydrogen-bond acceptors (Lipinski definition) is 6. The van der Waals surface area contributed by atoms with Crippen molar-refractivity contribution in [3.8, 4) is 11.6 Å². The van der Waals surface area contributed by atoms with Crippen LogP contribution in [0.2, 0.25) is 5.28 Å². The van der Waals surface area contributed by atoms with Gasteiger partial charge in [0.1, 0.15) is 5.75 Å². The fraction of sp³-hybridized carbons (Fsp3) is 0. The molecule has 1 amide bonds. The maximum atomic E-state index is 13.5. The Kier molecular flexibility index (Phi) is 5.45. The molecule has 0 saturated heterocycles. The van der Waals surface area contributed by atoms with Crippen LogP contribution in [-0.4, -0.2) is 27.1 Å². The lowest BCUT2D eigenvalue weighted by atomic mass is 10.2. The third-order valence-electron chi connectivity index (χ3n) is 3.08. The molecule has 0 atom stereocenters. The number of ether oxygens (including phenoxy) is 1. The van der Waals surface area contributed by atoms with Crippen LogP contribution in [0, 0.1) is 5.82 Å². The summed E-state index contributed by atoms with van der Waals surface area (Å²) in [6.07, 6.45) is 5.40. The second-order valence-corrected chi connectivity index (χ2v) is 5.24. The van der Waals surface area contributed by atoms with E-state index in [9.17, 15) is 9.18 Å². The normalized spacial score (nSPS) is 10.7. The monoisotopic (exact) mass is 371 g/mol. The van der Waals surface area contributed by atoms with Gasteiger partial charge in [0, 0.05) is 12.4 Å². The van der Waals surface area contributed by atoms with Crippen LogP contribution in [0.25, 0.3) is 0 Å². The van der Waals surface area contributed by atoms with E-state index in [0.29, 0.717) is 16.9 Å². The molecular formula is C17H11ClFN5O2. The zero-order valence-electron chi connectivity index (χ0n) is 13.1. The fourth-order valence-corrected chi connectivity index (χ4v) is 1.99. The van der Waals surface area contributed by atoms with Crippen LogP contribution in [0.1, 0.15) is 15.9 Å².